The lowest BCUT2D eigenvalue weighted by atomic mass is 10.0. The Bertz CT molecular complexity index is 273. The van der Waals surface area contributed by atoms with Crippen molar-refractivity contribution >= 4 is 9.24 Å². The molecule has 0 aliphatic rings. The predicted molar refractivity (Wildman–Crippen MR) is 55.8 cm³/mol. The highest BCUT2D eigenvalue weighted by Gasteiger charge is 2.08. The van der Waals surface area contributed by atoms with Gasteiger partial charge >= 0.3 is 0 Å². The summed E-state index contributed by atoms with van der Waals surface area (Å²) < 4.78 is 17.6. The van der Waals surface area contributed by atoms with Gasteiger partial charge in [0.25, 0.3) is 0 Å². The zero-order valence-electron chi connectivity index (χ0n) is 7.83. The summed E-state index contributed by atoms with van der Waals surface area (Å²) in [6.07, 6.45) is -1.33. The van der Waals surface area contributed by atoms with E-state index in [0.717, 1.165) is 5.56 Å². The van der Waals surface area contributed by atoms with Crippen LogP contribution in [-0.2, 0) is 0 Å². The molecule has 0 aliphatic heterocycles. The van der Waals surface area contributed by atoms with Crippen LogP contribution < -0.4 is 4.74 Å². The number of para-hydroxylation sites is 1. The quantitative estimate of drug-likeness (QED) is 0.680. The van der Waals surface area contributed by atoms with E-state index in [1.165, 1.54) is 0 Å². The van der Waals surface area contributed by atoms with Crippen LogP contribution in [0, 0.1) is 0 Å². The first-order valence-corrected chi connectivity index (χ1v) is 4.93. The van der Waals surface area contributed by atoms with Gasteiger partial charge in [0, 0.05) is 0 Å². The van der Waals surface area contributed by atoms with Crippen molar-refractivity contribution in [1.29, 1.82) is 0 Å². The Morgan fingerprint density at radius 3 is 2.46 bits per heavy atom. The molecule has 0 spiro atoms. The van der Waals surface area contributed by atoms with Crippen LogP contribution in [0.1, 0.15) is 25.3 Å². The average Bonchev–Trinajstić information content (AvgIpc) is 2.03. The standard InChI is InChI=1S/C10H14FOP/c1-7(2)8-5-3-4-6-9(8)12-10(11)13/h3-7,10H,13H2,1-2H3. The van der Waals surface area contributed by atoms with Gasteiger partial charge in [0.15, 0.2) is 0 Å². The second-order valence-electron chi connectivity index (χ2n) is 3.16. The number of hydrogen-bond donors (Lipinski definition) is 0. The summed E-state index contributed by atoms with van der Waals surface area (Å²) in [4.78, 5) is 0. The largest absolute Gasteiger partial charge is 0.457 e. The topological polar surface area (TPSA) is 9.23 Å². The highest BCUT2D eigenvalue weighted by molar-refractivity contribution is 7.16. The Balaban J connectivity index is 2.91. The summed E-state index contributed by atoms with van der Waals surface area (Å²) in [6.45, 7) is 4.11. The fourth-order valence-electron chi connectivity index (χ4n) is 1.19. The van der Waals surface area contributed by atoms with Gasteiger partial charge in [-0.25, -0.2) is 0 Å². The van der Waals surface area contributed by atoms with Gasteiger partial charge in [0.2, 0.25) is 6.10 Å². The van der Waals surface area contributed by atoms with Crippen LogP contribution in [0.3, 0.4) is 0 Å². The van der Waals surface area contributed by atoms with E-state index < -0.39 is 6.10 Å². The molecule has 72 valence electrons. The van der Waals surface area contributed by atoms with Gasteiger partial charge in [-0.15, -0.1) is 0 Å². The smallest absolute Gasteiger partial charge is 0.249 e. The van der Waals surface area contributed by atoms with Gasteiger partial charge in [-0.2, -0.15) is 4.39 Å². The van der Waals surface area contributed by atoms with Gasteiger partial charge in [-0.1, -0.05) is 41.3 Å². The molecule has 1 aromatic rings. The maximum atomic E-state index is 12.6. The number of hydrogen-bond acceptors (Lipinski definition) is 1. The molecule has 1 nitrogen and oxygen atoms in total. The minimum atomic E-state index is -1.33. The second-order valence-corrected chi connectivity index (χ2v) is 3.69. The molecule has 0 heterocycles. The Labute approximate surface area is 80.5 Å². The summed E-state index contributed by atoms with van der Waals surface area (Å²) in [5, 5.41) is 0. The molecule has 0 bridgehead atoms. The zero-order valence-corrected chi connectivity index (χ0v) is 8.98. The number of alkyl halides is 1. The minimum absolute atomic E-state index is 0.347. The summed E-state index contributed by atoms with van der Waals surface area (Å²) in [6, 6.07) is 7.51. The molecule has 0 radical (unpaired) electrons. The van der Waals surface area contributed by atoms with E-state index in [1.54, 1.807) is 6.07 Å². The van der Waals surface area contributed by atoms with Crippen molar-refractivity contribution in [2.75, 3.05) is 0 Å². The fourth-order valence-corrected chi connectivity index (χ4v) is 1.33. The Kier molecular flexibility index (Phi) is 3.68. The molecular formula is C10H14FOP. The predicted octanol–water partition coefficient (Wildman–Crippen LogP) is 3.32. The molecule has 0 N–H and O–H groups in total. The Hall–Kier alpha value is -0.620. The minimum Gasteiger partial charge on any atom is -0.457 e. The first kappa shape index (κ1) is 10.5. The van der Waals surface area contributed by atoms with Crippen molar-refractivity contribution in [2.24, 2.45) is 0 Å². The molecule has 3 heteroatoms. The number of ether oxygens (including phenoxy) is 1. The van der Waals surface area contributed by atoms with Gasteiger partial charge in [-0.05, 0) is 17.5 Å². The van der Waals surface area contributed by atoms with E-state index >= 15 is 0 Å². The molecule has 0 aromatic heterocycles. The van der Waals surface area contributed by atoms with E-state index in [2.05, 4.69) is 13.8 Å². The van der Waals surface area contributed by atoms with Crippen LogP contribution in [0.15, 0.2) is 24.3 Å². The summed E-state index contributed by atoms with van der Waals surface area (Å²) in [5.74, 6) is 0.972. The molecule has 2 atom stereocenters. The summed E-state index contributed by atoms with van der Waals surface area (Å²) in [5.41, 5.74) is 1.03. The fraction of sp³-hybridized carbons (Fsp3) is 0.400. The maximum Gasteiger partial charge on any atom is 0.249 e. The van der Waals surface area contributed by atoms with Gasteiger partial charge in [0.05, 0.1) is 0 Å². The lowest BCUT2D eigenvalue weighted by Crippen LogP contribution is -2.03. The second kappa shape index (κ2) is 4.57. The third kappa shape index (κ3) is 2.96. The van der Waals surface area contributed by atoms with Crippen molar-refractivity contribution < 1.29 is 9.13 Å². The Morgan fingerprint density at radius 1 is 1.31 bits per heavy atom. The third-order valence-corrected chi connectivity index (χ3v) is 1.92. The SMILES string of the molecule is CC(C)c1ccccc1OC(F)P. The van der Waals surface area contributed by atoms with Crippen LogP contribution in [0.2, 0.25) is 0 Å². The van der Waals surface area contributed by atoms with Crippen LogP contribution in [0.5, 0.6) is 5.75 Å². The number of rotatable bonds is 3. The third-order valence-electron chi connectivity index (χ3n) is 1.78. The molecule has 0 aliphatic carbocycles. The van der Waals surface area contributed by atoms with Crippen LogP contribution in [-0.4, -0.2) is 6.10 Å². The molecule has 0 amide bonds. The summed E-state index contributed by atoms with van der Waals surface area (Å²) >= 11 is 0. The lowest BCUT2D eigenvalue weighted by Gasteiger charge is -2.13. The van der Waals surface area contributed by atoms with E-state index in [-0.39, 0.29) is 0 Å². The van der Waals surface area contributed by atoms with Crippen molar-refractivity contribution in [3.05, 3.63) is 29.8 Å². The van der Waals surface area contributed by atoms with E-state index in [1.807, 2.05) is 27.4 Å². The molecule has 0 saturated carbocycles. The molecule has 0 saturated heterocycles. The highest BCUT2D eigenvalue weighted by atomic mass is 31.0. The van der Waals surface area contributed by atoms with Crippen LogP contribution in [0.4, 0.5) is 4.39 Å². The van der Waals surface area contributed by atoms with Gasteiger partial charge in [0.1, 0.15) is 5.75 Å². The number of benzene rings is 1. The Morgan fingerprint density at radius 2 is 1.92 bits per heavy atom. The average molecular weight is 200 g/mol. The van der Waals surface area contributed by atoms with E-state index in [4.69, 9.17) is 4.74 Å². The highest BCUT2D eigenvalue weighted by Crippen LogP contribution is 2.27. The molecular weight excluding hydrogens is 186 g/mol. The van der Waals surface area contributed by atoms with Crippen molar-refractivity contribution in [1.82, 2.24) is 0 Å². The molecule has 0 fully saturated rings. The molecule has 1 aromatic carbocycles. The van der Waals surface area contributed by atoms with Crippen LogP contribution in [0.25, 0.3) is 0 Å². The van der Waals surface area contributed by atoms with Crippen LogP contribution >= 0.6 is 9.24 Å². The molecule has 2 unspecified atom stereocenters. The van der Waals surface area contributed by atoms with Crippen molar-refractivity contribution in [3.8, 4) is 5.75 Å². The van der Waals surface area contributed by atoms with E-state index in [9.17, 15) is 4.39 Å². The molecule has 13 heavy (non-hydrogen) atoms. The normalized spacial score (nSPS) is 13.0. The van der Waals surface area contributed by atoms with Gasteiger partial charge in [-0.3, -0.25) is 0 Å². The lowest BCUT2D eigenvalue weighted by molar-refractivity contribution is 0.151. The number of halogens is 1. The molecule has 1 rings (SSSR count). The van der Waals surface area contributed by atoms with Gasteiger partial charge < -0.3 is 4.74 Å². The zero-order chi connectivity index (χ0) is 9.84. The maximum absolute atomic E-state index is 12.6. The van der Waals surface area contributed by atoms with E-state index in [0.29, 0.717) is 11.7 Å². The monoisotopic (exact) mass is 200 g/mol. The van der Waals surface area contributed by atoms with Crippen molar-refractivity contribution in [3.63, 3.8) is 0 Å². The first-order chi connectivity index (χ1) is 6.11. The van der Waals surface area contributed by atoms with Crippen molar-refractivity contribution in [2.45, 2.75) is 25.9 Å². The first-order valence-electron chi connectivity index (χ1n) is 4.26. The summed E-state index contributed by atoms with van der Waals surface area (Å²) in [7, 11) is 1.97.